The van der Waals surface area contributed by atoms with Crippen LogP contribution in [0, 0.1) is 0 Å². The molecule has 0 atom stereocenters. The molecule has 1 amide bonds. The molecule has 6 heteroatoms. The van der Waals surface area contributed by atoms with E-state index >= 15 is 0 Å². The van der Waals surface area contributed by atoms with Crippen LogP contribution in [0.4, 0.5) is 10.5 Å². The zero-order chi connectivity index (χ0) is 14.4. The number of methoxy groups -OCH3 is 1. The third-order valence-electron chi connectivity index (χ3n) is 2.48. The Hall–Kier alpha value is -2.08. The molecular weight excluding hydrogens is 324 g/mol. The molecule has 2 aromatic rings. The SMILES string of the molecule is COc1ccc(NC(=O)OCc2ccccc2)c(Br)n1. The Morgan fingerprint density at radius 1 is 1.25 bits per heavy atom. The van der Waals surface area contributed by atoms with E-state index in [4.69, 9.17) is 9.47 Å². The first-order valence-electron chi connectivity index (χ1n) is 5.87. The number of nitrogens with one attached hydrogen (secondary N) is 1. The summed E-state index contributed by atoms with van der Waals surface area (Å²) in [7, 11) is 1.52. The minimum absolute atomic E-state index is 0.216. The van der Waals surface area contributed by atoms with Crippen molar-refractivity contribution in [3.05, 3.63) is 52.6 Å². The van der Waals surface area contributed by atoms with Crippen LogP contribution in [0.1, 0.15) is 5.56 Å². The summed E-state index contributed by atoms with van der Waals surface area (Å²) in [6.45, 7) is 0.216. The number of pyridine rings is 1. The molecule has 0 saturated heterocycles. The highest BCUT2D eigenvalue weighted by molar-refractivity contribution is 9.10. The van der Waals surface area contributed by atoms with Crippen molar-refractivity contribution < 1.29 is 14.3 Å². The highest BCUT2D eigenvalue weighted by Gasteiger charge is 2.08. The molecule has 0 aliphatic carbocycles. The molecule has 0 radical (unpaired) electrons. The van der Waals surface area contributed by atoms with Crippen LogP contribution < -0.4 is 10.1 Å². The van der Waals surface area contributed by atoms with Gasteiger partial charge in [-0.1, -0.05) is 30.3 Å². The number of carbonyl (C=O) groups excluding carboxylic acids is 1. The third kappa shape index (κ3) is 3.96. The molecule has 0 saturated carbocycles. The lowest BCUT2D eigenvalue weighted by atomic mass is 10.2. The molecule has 1 N–H and O–H groups in total. The van der Waals surface area contributed by atoms with Gasteiger partial charge in [0.05, 0.1) is 12.8 Å². The van der Waals surface area contributed by atoms with Crippen molar-refractivity contribution in [2.75, 3.05) is 12.4 Å². The number of nitrogens with zero attached hydrogens (tertiary/aromatic N) is 1. The van der Waals surface area contributed by atoms with Gasteiger partial charge in [-0.25, -0.2) is 9.78 Å². The molecule has 104 valence electrons. The van der Waals surface area contributed by atoms with Crippen LogP contribution >= 0.6 is 15.9 Å². The molecule has 0 fully saturated rings. The van der Waals surface area contributed by atoms with E-state index < -0.39 is 6.09 Å². The van der Waals surface area contributed by atoms with Crippen LogP contribution in [-0.2, 0) is 11.3 Å². The number of hydrogen-bond acceptors (Lipinski definition) is 4. The molecule has 5 nitrogen and oxygen atoms in total. The summed E-state index contributed by atoms with van der Waals surface area (Å²) < 4.78 is 10.6. The van der Waals surface area contributed by atoms with Gasteiger partial charge in [0, 0.05) is 6.07 Å². The molecular formula is C14H13BrN2O3. The molecule has 0 spiro atoms. The second-order valence-electron chi connectivity index (χ2n) is 3.88. The molecule has 1 aromatic carbocycles. The Bertz CT molecular complexity index is 590. The van der Waals surface area contributed by atoms with Crippen LogP contribution in [0.25, 0.3) is 0 Å². The summed E-state index contributed by atoms with van der Waals surface area (Å²) in [6.07, 6.45) is -0.540. The maximum atomic E-state index is 11.7. The molecule has 20 heavy (non-hydrogen) atoms. The maximum Gasteiger partial charge on any atom is 0.412 e. The van der Waals surface area contributed by atoms with E-state index in [2.05, 4.69) is 26.2 Å². The van der Waals surface area contributed by atoms with E-state index in [0.29, 0.717) is 16.2 Å². The second-order valence-corrected chi connectivity index (χ2v) is 4.63. The molecule has 0 aliphatic heterocycles. The van der Waals surface area contributed by atoms with Crippen molar-refractivity contribution in [1.82, 2.24) is 4.98 Å². The average Bonchev–Trinajstić information content (AvgIpc) is 2.48. The number of hydrogen-bond donors (Lipinski definition) is 1. The highest BCUT2D eigenvalue weighted by atomic mass is 79.9. The average molecular weight is 337 g/mol. The lowest BCUT2D eigenvalue weighted by molar-refractivity contribution is 0.155. The number of benzene rings is 1. The van der Waals surface area contributed by atoms with Gasteiger partial charge in [0.1, 0.15) is 11.2 Å². The second kappa shape index (κ2) is 6.91. The summed E-state index contributed by atoms with van der Waals surface area (Å²) in [4.78, 5) is 15.8. The minimum atomic E-state index is -0.540. The number of halogens is 1. The van der Waals surface area contributed by atoms with E-state index in [1.807, 2.05) is 30.3 Å². The first-order chi connectivity index (χ1) is 9.69. The monoisotopic (exact) mass is 336 g/mol. The van der Waals surface area contributed by atoms with Gasteiger partial charge in [-0.15, -0.1) is 0 Å². The number of carbonyl (C=O) groups is 1. The summed E-state index contributed by atoms with van der Waals surface area (Å²) in [6, 6.07) is 12.8. The Kier molecular flexibility index (Phi) is 4.95. The molecule has 0 unspecified atom stereocenters. The van der Waals surface area contributed by atoms with Gasteiger partial charge in [-0.2, -0.15) is 0 Å². The zero-order valence-electron chi connectivity index (χ0n) is 10.8. The van der Waals surface area contributed by atoms with Crippen molar-refractivity contribution in [1.29, 1.82) is 0 Å². The van der Waals surface area contributed by atoms with Crippen molar-refractivity contribution in [2.24, 2.45) is 0 Å². The van der Waals surface area contributed by atoms with Gasteiger partial charge in [0.25, 0.3) is 0 Å². The summed E-state index contributed by atoms with van der Waals surface area (Å²) >= 11 is 3.25. The topological polar surface area (TPSA) is 60.5 Å². The van der Waals surface area contributed by atoms with E-state index in [-0.39, 0.29) is 6.61 Å². The zero-order valence-corrected chi connectivity index (χ0v) is 12.4. The Morgan fingerprint density at radius 3 is 2.65 bits per heavy atom. The fraction of sp³-hybridized carbons (Fsp3) is 0.143. The van der Waals surface area contributed by atoms with Crippen LogP contribution in [0.2, 0.25) is 0 Å². The van der Waals surface area contributed by atoms with Crippen molar-refractivity contribution in [3.63, 3.8) is 0 Å². The number of aromatic nitrogens is 1. The molecule has 1 aromatic heterocycles. The van der Waals surface area contributed by atoms with Gasteiger partial charge in [0.2, 0.25) is 5.88 Å². The van der Waals surface area contributed by atoms with Gasteiger partial charge in [-0.3, -0.25) is 5.32 Å². The van der Waals surface area contributed by atoms with Crippen LogP contribution in [0.5, 0.6) is 5.88 Å². The predicted octanol–water partition coefficient (Wildman–Crippen LogP) is 3.60. The van der Waals surface area contributed by atoms with E-state index in [1.165, 1.54) is 7.11 Å². The number of rotatable bonds is 4. The van der Waals surface area contributed by atoms with Crippen LogP contribution in [0.15, 0.2) is 47.1 Å². The maximum absolute atomic E-state index is 11.7. The lowest BCUT2D eigenvalue weighted by Gasteiger charge is -2.09. The van der Waals surface area contributed by atoms with Crippen molar-refractivity contribution in [3.8, 4) is 5.88 Å². The number of anilines is 1. The van der Waals surface area contributed by atoms with Gasteiger partial charge >= 0.3 is 6.09 Å². The number of amides is 1. The largest absolute Gasteiger partial charge is 0.481 e. The normalized spacial score (nSPS) is 9.90. The Morgan fingerprint density at radius 2 is 2.00 bits per heavy atom. The van der Waals surface area contributed by atoms with E-state index in [9.17, 15) is 4.79 Å². The fourth-order valence-corrected chi connectivity index (χ4v) is 1.90. The van der Waals surface area contributed by atoms with Gasteiger partial charge in [0.15, 0.2) is 0 Å². The van der Waals surface area contributed by atoms with E-state index in [1.54, 1.807) is 12.1 Å². The molecule has 0 bridgehead atoms. The predicted molar refractivity (Wildman–Crippen MR) is 78.7 cm³/mol. The molecule has 2 rings (SSSR count). The van der Waals surface area contributed by atoms with Crippen molar-refractivity contribution >= 4 is 27.7 Å². The minimum Gasteiger partial charge on any atom is -0.481 e. The first-order valence-corrected chi connectivity index (χ1v) is 6.66. The van der Waals surface area contributed by atoms with Gasteiger partial charge in [-0.05, 0) is 27.6 Å². The Balaban J connectivity index is 1.91. The fourth-order valence-electron chi connectivity index (χ4n) is 1.49. The molecule has 0 aliphatic rings. The smallest absolute Gasteiger partial charge is 0.412 e. The Labute approximate surface area is 125 Å². The quantitative estimate of drug-likeness (QED) is 0.866. The van der Waals surface area contributed by atoms with Gasteiger partial charge < -0.3 is 9.47 Å². The highest BCUT2D eigenvalue weighted by Crippen LogP contribution is 2.23. The standard InChI is InChI=1S/C14H13BrN2O3/c1-19-12-8-7-11(13(15)17-12)16-14(18)20-9-10-5-3-2-4-6-10/h2-8H,9H2,1H3,(H,16,18). The third-order valence-corrected chi connectivity index (χ3v) is 3.09. The van der Waals surface area contributed by atoms with E-state index in [0.717, 1.165) is 5.56 Å². The van der Waals surface area contributed by atoms with Crippen molar-refractivity contribution in [2.45, 2.75) is 6.61 Å². The first kappa shape index (κ1) is 14.3. The summed E-state index contributed by atoms with van der Waals surface area (Å²) in [5.74, 6) is 0.458. The molecule has 1 heterocycles. The summed E-state index contributed by atoms with van der Waals surface area (Å²) in [5.41, 5.74) is 1.44. The number of ether oxygens (including phenoxy) is 2. The summed E-state index contributed by atoms with van der Waals surface area (Å²) in [5, 5.41) is 2.61. The van der Waals surface area contributed by atoms with Crippen LogP contribution in [-0.4, -0.2) is 18.2 Å². The lowest BCUT2D eigenvalue weighted by Crippen LogP contribution is -2.14. The van der Waals surface area contributed by atoms with Crippen LogP contribution in [0.3, 0.4) is 0 Å².